The van der Waals surface area contributed by atoms with Gasteiger partial charge in [-0.2, -0.15) is 0 Å². The van der Waals surface area contributed by atoms with E-state index in [9.17, 15) is 19.2 Å². The second-order valence-electron chi connectivity index (χ2n) is 7.04. The van der Waals surface area contributed by atoms with Crippen LogP contribution in [0.2, 0.25) is 0 Å². The number of aliphatic hydroxyl groups is 1. The number of hydrogen-bond donors (Lipinski definition) is 4. The van der Waals surface area contributed by atoms with Crippen LogP contribution >= 0.6 is 0 Å². The van der Waals surface area contributed by atoms with Crippen LogP contribution in [0.4, 0.5) is 10.5 Å². The van der Waals surface area contributed by atoms with E-state index in [1.807, 2.05) is 13.8 Å². The quantitative estimate of drug-likeness (QED) is 0.339. The fraction of sp³-hybridized carbons (Fsp3) is 0.400. The Kier molecular flexibility index (Phi) is 8.38. The van der Waals surface area contributed by atoms with Gasteiger partial charge in [0.1, 0.15) is 5.70 Å². The number of β-amino-alcohol motifs (C(OH)–C–C–N with tert-alkyl or cyclic N) is 1. The number of methoxy groups -OCH3 is 1. The Morgan fingerprint density at radius 1 is 1.19 bits per heavy atom. The minimum Gasteiger partial charge on any atom is -0.466 e. The van der Waals surface area contributed by atoms with Gasteiger partial charge in [-0.25, -0.2) is 15.0 Å². The van der Waals surface area contributed by atoms with E-state index in [0.29, 0.717) is 0 Å². The van der Waals surface area contributed by atoms with Crippen LogP contribution in [-0.4, -0.2) is 67.3 Å². The van der Waals surface area contributed by atoms with Gasteiger partial charge in [0.05, 0.1) is 43.7 Å². The van der Waals surface area contributed by atoms with Crippen molar-refractivity contribution in [2.24, 2.45) is 5.92 Å². The number of nitrogens with zero attached hydrogens (tertiary/aromatic N) is 1. The zero-order chi connectivity index (χ0) is 23.0. The summed E-state index contributed by atoms with van der Waals surface area (Å²) in [6, 6.07) is 6.24. The number of aliphatic hydroxyl groups excluding tert-OH is 1. The lowest BCUT2D eigenvalue weighted by Crippen LogP contribution is -2.42. The topological polar surface area (TPSA) is 146 Å². The number of carbonyl (C=O) groups is 4. The fourth-order valence-electron chi connectivity index (χ4n) is 2.73. The normalized spacial score (nSPS) is 13.3. The van der Waals surface area contributed by atoms with Crippen molar-refractivity contribution in [1.29, 1.82) is 0 Å². The molecule has 0 bridgehead atoms. The molecule has 0 saturated carbocycles. The highest BCUT2D eigenvalue weighted by atomic mass is 16.6. The summed E-state index contributed by atoms with van der Waals surface area (Å²) in [4.78, 5) is 50.3. The maximum Gasteiger partial charge on any atom is 0.426 e. The molecule has 2 rings (SSSR count). The van der Waals surface area contributed by atoms with Crippen LogP contribution in [0.5, 0.6) is 0 Å². The average molecular weight is 434 g/mol. The number of ether oxygens (including phenoxy) is 2. The largest absolute Gasteiger partial charge is 0.466 e. The average Bonchev–Trinajstić information content (AvgIpc) is 3.06. The van der Waals surface area contributed by atoms with Crippen molar-refractivity contribution < 1.29 is 33.8 Å². The summed E-state index contributed by atoms with van der Waals surface area (Å²) in [6.45, 7) is 3.66. The number of carbonyl (C=O) groups excluding carboxylic acids is 4. The number of benzene rings is 1. The summed E-state index contributed by atoms with van der Waals surface area (Å²) >= 11 is 0. The minimum atomic E-state index is -0.811. The van der Waals surface area contributed by atoms with Gasteiger partial charge >= 0.3 is 12.1 Å². The molecule has 11 heteroatoms. The van der Waals surface area contributed by atoms with E-state index < -0.39 is 23.9 Å². The Balaban J connectivity index is 2.18. The fourth-order valence-corrected chi connectivity index (χ4v) is 2.73. The third kappa shape index (κ3) is 6.19. The Morgan fingerprint density at radius 2 is 1.90 bits per heavy atom. The first-order valence-electron chi connectivity index (χ1n) is 9.59. The van der Waals surface area contributed by atoms with Crippen LogP contribution in [-0.2, 0) is 19.1 Å². The molecular weight excluding hydrogens is 408 g/mol. The van der Waals surface area contributed by atoms with E-state index in [1.165, 1.54) is 24.1 Å². The van der Waals surface area contributed by atoms with E-state index in [0.717, 1.165) is 0 Å². The molecule has 0 spiro atoms. The minimum absolute atomic E-state index is 0.0357. The summed E-state index contributed by atoms with van der Waals surface area (Å²) in [5.74, 6) is -1.74. The number of para-hydroxylation sites is 1. The molecule has 1 heterocycles. The van der Waals surface area contributed by atoms with Crippen LogP contribution < -0.4 is 16.2 Å². The maximum absolute atomic E-state index is 12.7. The lowest BCUT2D eigenvalue weighted by Gasteiger charge is -2.16. The standard InChI is InChI=1S/C20H26N4O7/c1-12(2)11-31-20(29)23-22-17(26)13-6-4-5-7-15(13)21-16-14(19(28)30-3)10-24(8-9-25)18(16)27/h4-7,12,21,25H,8-11H2,1-3H3,(H,22,26)(H,23,29). The SMILES string of the molecule is COC(=O)C1=C(Nc2ccccc2C(=O)NNC(=O)OCC(C)C)C(=O)N(CCO)C1. The van der Waals surface area contributed by atoms with Gasteiger partial charge in [-0.05, 0) is 18.1 Å². The number of nitrogens with one attached hydrogen (secondary N) is 3. The summed E-state index contributed by atoms with van der Waals surface area (Å²) in [6.07, 6.45) is -0.811. The number of hydrogen-bond acceptors (Lipinski definition) is 8. The van der Waals surface area contributed by atoms with Crippen LogP contribution in [0.15, 0.2) is 35.5 Å². The van der Waals surface area contributed by atoms with Crippen molar-refractivity contribution in [3.8, 4) is 0 Å². The molecule has 1 aliphatic rings. The second-order valence-corrected chi connectivity index (χ2v) is 7.04. The third-order valence-electron chi connectivity index (χ3n) is 4.21. The molecular formula is C20H26N4O7. The molecule has 0 aromatic heterocycles. The predicted molar refractivity (Wildman–Crippen MR) is 110 cm³/mol. The van der Waals surface area contributed by atoms with E-state index in [2.05, 4.69) is 16.2 Å². The Hall–Kier alpha value is -3.60. The molecule has 0 atom stereocenters. The number of anilines is 1. The summed E-state index contributed by atoms with van der Waals surface area (Å²) in [5, 5.41) is 12.0. The number of esters is 1. The van der Waals surface area contributed by atoms with Crippen LogP contribution in [0.25, 0.3) is 0 Å². The first-order valence-corrected chi connectivity index (χ1v) is 9.59. The molecule has 0 aliphatic carbocycles. The van der Waals surface area contributed by atoms with Gasteiger partial charge in [0.25, 0.3) is 11.8 Å². The Bertz CT molecular complexity index is 882. The molecule has 0 radical (unpaired) electrons. The van der Waals surface area contributed by atoms with Crippen LogP contribution in [0.3, 0.4) is 0 Å². The number of amides is 3. The molecule has 0 fully saturated rings. The van der Waals surface area contributed by atoms with E-state index in [1.54, 1.807) is 12.1 Å². The van der Waals surface area contributed by atoms with Gasteiger partial charge in [0, 0.05) is 6.54 Å². The molecule has 168 valence electrons. The molecule has 31 heavy (non-hydrogen) atoms. The molecule has 3 amide bonds. The zero-order valence-corrected chi connectivity index (χ0v) is 17.6. The maximum atomic E-state index is 12.7. The highest BCUT2D eigenvalue weighted by molar-refractivity contribution is 6.10. The molecule has 0 unspecified atom stereocenters. The van der Waals surface area contributed by atoms with Crippen molar-refractivity contribution >= 4 is 29.6 Å². The smallest absolute Gasteiger partial charge is 0.426 e. The Labute approximate surface area is 179 Å². The summed E-state index contributed by atoms with van der Waals surface area (Å²) < 4.78 is 9.66. The lowest BCUT2D eigenvalue weighted by atomic mass is 10.1. The molecule has 1 aromatic carbocycles. The van der Waals surface area contributed by atoms with Gasteiger partial charge < -0.3 is 24.8 Å². The monoisotopic (exact) mass is 434 g/mol. The van der Waals surface area contributed by atoms with Crippen molar-refractivity contribution in [1.82, 2.24) is 15.8 Å². The first kappa shape index (κ1) is 23.7. The van der Waals surface area contributed by atoms with Crippen molar-refractivity contribution in [2.45, 2.75) is 13.8 Å². The van der Waals surface area contributed by atoms with Crippen molar-refractivity contribution in [2.75, 3.05) is 38.7 Å². The molecule has 11 nitrogen and oxygen atoms in total. The van der Waals surface area contributed by atoms with Crippen molar-refractivity contribution in [3.05, 3.63) is 41.1 Å². The zero-order valence-electron chi connectivity index (χ0n) is 17.6. The van der Waals surface area contributed by atoms with Crippen molar-refractivity contribution in [3.63, 3.8) is 0 Å². The van der Waals surface area contributed by atoms with Gasteiger partial charge in [-0.3, -0.25) is 15.0 Å². The number of rotatable bonds is 8. The van der Waals surface area contributed by atoms with E-state index in [4.69, 9.17) is 14.6 Å². The van der Waals surface area contributed by atoms with Gasteiger partial charge in [-0.1, -0.05) is 26.0 Å². The first-order chi connectivity index (χ1) is 14.8. The van der Waals surface area contributed by atoms with Crippen LogP contribution in [0, 0.1) is 5.92 Å². The van der Waals surface area contributed by atoms with E-state index >= 15 is 0 Å². The number of hydrazine groups is 1. The van der Waals surface area contributed by atoms with Crippen LogP contribution in [0.1, 0.15) is 24.2 Å². The Morgan fingerprint density at radius 3 is 2.55 bits per heavy atom. The van der Waals surface area contributed by atoms with Gasteiger partial charge in [0.2, 0.25) is 0 Å². The van der Waals surface area contributed by atoms with E-state index in [-0.39, 0.29) is 54.7 Å². The highest BCUT2D eigenvalue weighted by Crippen LogP contribution is 2.24. The third-order valence-corrected chi connectivity index (χ3v) is 4.21. The molecule has 1 aliphatic heterocycles. The highest BCUT2D eigenvalue weighted by Gasteiger charge is 2.34. The van der Waals surface area contributed by atoms with Gasteiger partial charge in [-0.15, -0.1) is 0 Å². The predicted octanol–water partition coefficient (Wildman–Crippen LogP) is 0.387. The second kappa shape index (κ2) is 11.0. The van der Waals surface area contributed by atoms with Gasteiger partial charge in [0.15, 0.2) is 0 Å². The molecule has 1 aromatic rings. The summed E-state index contributed by atoms with van der Waals surface area (Å²) in [5.41, 5.74) is 4.74. The summed E-state index contributed by atoms with van der Waals surface area (Å²) in [7, 11) is 1.19. The molecule has 0 saturated heterocycles. The molecule has 4 N–H and O–H groups in total. The lowest BCUT2D eigenvalue weighted by molar-refractivity contribution is -0.136.